The van der Waals surface area contributed by atoms with Crippen molar-refractivity contribution < 1.29 is 14.0 Å². The summed E-state index contributed by atoms with van der Waals surface area (Å²) in [5.41, 5.74) is 7.23. The smallest absolute Gasteiger partial charge is 0.499 e. The van der Waals surface area contributed by atoms with Crippen LogP contribution >= 0.6 is 0 Å². The summed E-state index contributed by atoms with van der Waals surface area (Å²) in [7, 11) is 1.63. The average Bonchev–Trinajstić information content (AvgIpc) is 2.35. The standard InChI is InChI=1S/C12H17N3O3/c1-7-5-15(12(16)14-11(7)13)10-4-9(17-3)8(2)6-18-10/h5,10H,4,6H2,1-3H3,(H2,13,14,16)/p+1. The molecule has 1 aliphatic heterocycles. The van der Waals surface area contributed by atoms with Gasteiger partial charge in [-0.3, -0.25) is 0 Å². The molecule has 2 heterocycles. The Morgan fingerprint density at radius 1 is 1.56 bits per heavy atom. The van der Waals surface area contributed by atoms with Crippen LogP contribution in [0.3, 0.4) is 0 Å². The topological polar surface area (TPSA) is 81.2 Å². The quantitative estimate of drug-likeness (QED) is 0.746. The molecule has 0 radical (unpaired) electrons. The predicted octanol–water partition coefficient (Wildman–Crippen LogP) is 0.392. The Morgan fingerprint density at radius 2 is 2.28 bits per heavy atom. The lowest BCUT2D eigenvalue weighted by Crippen LogP contribution is -2.56. The average molecular weight is 252 g/mol. The van der Waals surface area contributed by atoms with Crippen molar-refractivity contribution >= 4 is 5.82 Å². The Kier molecular flexibility index (Phi) is 3.38. The van der Waals surface area contributed by atoms with Gasteiger partial charge in [-0.2, -0.15) is 14.3 Å². The van der Waals surface area contributed by atoms with E-state index < -0.39 is 0 Å². The molecule has 1 aromatic rings. The summed E-state index contributed by atoms with van der Waals surface area (Å²) in [6.45, 7) is 4.25. The van der Waals surface area contributed by atoms with Gasteiger partial charge in [-0.1, -0.05) is 0 Å². The third-order valence-electron chi connectivity index (χ3n) is 3.12. The summed E-state index contributed by atoms with van der Waals surface area (Å²) in [4.78, 5) is 14.5. The number of ether oxygens (including phenoxy) is 2. The van der Waals surface area contributed by atoms with Crippen molar-refractivity contribution in [1.29, 1.82) is 0 Å². The highest BCUT2D eigenvalue weighted by molar-refractivity contribution is 5.33. The molecular weight excluding hydrogens is 234 g/mol. The fourth-order valence-electron chi connectivity index (χ4n) is 1.96. The number of nitrogen functional groups attached to an aromatic ring is 1. The number of anilines is 1. The van der Waals surface area contributed by atoms with Crippen LogP contribution in [0, 0.1) is 6.92 Å². The molecule has 6 heteroatoms. The van der Waals surface area contributed by atoms with Crippen molar-refractivity contribution in [3.8, 4) is 0 Å². The Hall–Kier alpha value is -1.82. The number of nitrogens with two attached hydrogens (primary N) is 1. The lowest BCUT2D eigenvalue weighted by Gasteiger charge is -2.23. The van der Waals surface area contributed by atoms with Gasteiger partial charge in [0, 0.05) is 0 Å². The highest BCUT2D eigenvalue weighted by Gasteiger charge is 2.27. The van der Waals surface area contributed by atoms with Crippen molar-refractivity contribution in [2.24, 2.45) is 0 Å². The van der Waals surface area contributed by atoms with Crippen LogP contribution in [0.4, 0.5) is 5.82 Å². The van der Waals surface area contributed by atoms with Crippen molar-refractivity contribution in [2.45, 2.75) is 26.5 Å². The van der Waals surface area contributed by atoms with Gasteiger partial charge < -0.3 is 15.2 Å². The molecule has 98 valence electrons. The Balaban J connectivity index is 2.35. The van der Waals surface area contributed by atoms with E-state index in [2.05, 4.69) is 4.98 Å². The molecule has 0 saturated carbocycles. The lowest BCUT2D eigenvalue weighted by atomic mass is 10.1. The van der Waals surface area contributed by atoms with Gasteiger partial charge in [0.05, 0.1) is 25.7 Å². The number of nitrogens with zero attached hydrogens (tertiary/aromatic N) is 1. The Bertz CT molecular complexity index is 548. The predicted molar refractivity (Wildman–Crippen MR) is 65.7 cm³/mol. The first-order valence-electron chi connectivity index (χ1n) is 5.77. The molecule has 2 rings (SSSR count). The summed E-state index contributed by atoms with van der Waals surface area (Å²) in [5.74, 6) is 1.25. The highest BCUT2D eigenvalue weighted by Crippen LogP contribution is 2.23. The fourth-order valence-corrected chi connectivity index (χ4v) is 1.96. The fraction of sp³-hybridized carbons (Fsp3) is 0.500. The summed E-state index contributed by atoms with van der Waals surface area (Å²) >= 11 is 0. The molecule has 0 aromatic carbocycles. The van der Waals surface area contributed by atoms with Gasteiger partial charge in [0.15, 0.2) is 5.82 Å². The van der Waals surface area contributed by atoms with Crippen LogP contribution in [0.25, 0.3) is 0 Å². The number of methoxy groups -OCH3 is 1. The molecule has 3 N–H and O–H groups in total. The zero-order valence-electron chi connectivity index (χ0n) is 10.8. The molecule has 0 bridgehead atoms. The minimum Gasteiger partial charge on any atom is -0.501 e. The Morgan fingerprint density at radius 3 is 2.94 bits per heavy atom. The number of aryl methyl sites for hydroxylation is 1. The number of aromatic amines is 1. The SMILES string of the molecule is COC1=C(C)COC([n+]2cc(C)c(N)[nH]c2=O)C1. The third-order valence-corrected chi connectivity index (χ3v) is 3.12. The van der Waals surface area contributed by atoms with Crippen LogP contribution in [0.5, 0.6) is 0 Å². The monoisotopic (exact) mass is 252 g/mol. The van der Waals surface area contributed by atoms with Gasteiger partial charge >= 0.3 is 5.69 Å². The molecule has 0 aliphatic carbocycles. The van der Waals surface area contributed by atoms with E-state index >= 15 is 0 Å². The molecule has 0 spiro atoms. The third kappa shape index (κ3) is 2.24. The summed E-state index contributed by atoms with van der Waals surface area (Å²) in [6.07, 6.45) is 1.89. The molecule has 0 fully saturated rings. The van der Waals surface area contributed by atoms with E-state index in [1.165, 1.54) is 4.57 Å². The van der Waals surface area contributed by atoms with E-state index in [1.807, 2.05) is 13.8 Å². The minimum absolute atomic E-state index is 0.280. The van der Waals surface area contributed by atoms with E-state index in [-0.39, 0.29) is 11.9 Å². The maximum atomic E-state index is 11.9. The van der Waals surface area contributed by atoms with E-state index in [1.54, 1.807) is 13.3 Å². The minimum atomic E-state index is -0.355. The van der Waals surface area contributed by atoms with Crippen LogP contribution in [-0.2, 0) is 9.47 Å². The van der Waals surface area contributed by atoms with Crippen molar-refractivity contribution in [3.05, 3.63) is 33.6 Å². The van der Waals surface area contributed by atoms with Gasteiger partial charge in [-0.15, -0.1) is 0 Å². The van der Waals surface area contributed by atoms with Crippen LogP contribution in [-0.4, -0.2) is 18.7 Å². The van der Waals surface area contributed by atoms with E-state index in [0.29, 0.717) is 18.8 Å². The molecule has 1 unspecified atom stereocenters. The van der Waals surface area contributed by atoms with Gasteiger partial charge in [0.25, 0.3) is 0 Å². The first-order valence-corrected chi connectivity index (χ1v) is 5.77. The number of rotatable bonds is 2. The normalized spacial score (nSPS) is 20.1. The molecule has 0 saturated heterocycles. The molecule has 18 heavy (non-hydrogen) atoms. The zero-order valence-corrected chi connectivity index (χ0v) is 10.8. The number of aromatic nitrogens is 2. The number of hydrogen-bond acceptors (Lipinski definition) is 4. The van der Waals surface area contributed by atoms with Crippen LogP contribution in [0.2, 0.25) is 0 Å². The summed E-state index contributed by atoms with van der Waals surface area (Å²) < 4.78 is 12.5. The summed E-state index contributed by atoms with van der Waals surface area (Å²) in [6, 6.07) is 0. The first-order chi connectivity index (χ1) is 8.52. The number of nitrogens with one attached hydrogen (secondary N) is 1. The molecule has 1 aliphatic rings. The van der Waals surface area contributed by atoms with Crippen LogP contribution in [0.1, 0.15) is 25.1 Å². The van der Waals surface area contributed by atoms with E-state index in [4.69, 9.17) is 15.2 Å². The largest absolute Gasteiger partial charge is 0.501 e. The van der Waals surface area contributed by atoms with Crippen molar-refractivity contribution in [1.82, 2.24) is 4.98 Å². The zero-order chi connectivity index (χ0) is 13.3. The maximum absolute atomic E-state index is 11.9. The van der Waals surface area contributed by atoms with Crippen molar-refractivity contribution in [2.75, 3.05) is 19.5 Å². The van der Waals surface area contributed by atoms with Crippen LogP contribution in [0.15, 0.2) is 22.3 Å². The number of hydrogen-bond donors (Lipinski definition) is 2. The van der Waals surface area contributed by atoms with E-state index in [9.17, 15) is 4.79 Å². The first kappa shape index (κ1) is 12.6. The van der Waals surface area contributed by atoms with Crippen molar-refractivity contribution in [3.63, 3.8) is 0 Å². The Labute approximate surface area is 105 Å². The van der Waals surface area contributed by atoms with Gasteiger partial charge in [-0.05, 0) is 19.4 Å². The number of H-pyrrole nitrogens is 1. The molecular formula is C12H18N3O3+. The maximum Gasteiger partial charge on any atom is 0.499 e. The lowest BCUT2D eigenvalue weighted by molar-refractivity contribution is -0.777. The van der Waals surface area contributed by atoms with Gasteiger partial charge in [-0.25, -0.2) is 0 Å². The summed E-state index contributed by atoms with van der Waals surface area (Å²) in [5, 5.41) is 0. The van der Waals surface area contributed by atoms with Gasteiger partial charge in [0.2, 0.25) is 6.23 Å². The van der Waals surface area contributed by atoms with E-state index in [0.717, 1.165) is 16.9 Å². The second kappa shape index (κ2) is 4.81. The highest BCUT2D eigenvalue weighted by atomic mass is 16.5. The van der Waals surface area contributed by atoms with Crippen LogP contribution < -0.4 is 16.0 Å². The molecule has 1 atom stereocenters. The second-order valence-electron chi connectivity index (χ2n) is 4.44. The molecule has 0 amide bonds. The second-order valence-corrected chi connectivity index (χ2v) is 4.44. The molecule has 1 aromatic heterocycles. The molecule has 6 nitrogen and oxygen atoms in total. The van der Waals surface area contributed by atoms with Gasteiger partial charge in [0.1, 0.15) is 12.0 Å².